The molecule has 0 radical (unpaired) electrons. The van der Waals surface area contributed by atoms with E-state index in [1.807, 2.05) is 31.7 Å². The SMILES string of the molecule is CC1=CC(C)=C(CN2CCc3c(c(C)c4c(c3-c3cccs3)OC(C)(C3CCC(N(C)C)CC3)O4)C2=O)C(=O)C1. The first-order valence-electron chi connectivity index (χ1n) is 14.5. The fraction of sp³-hybridized carbons (Fsp3) is 0.515. The summed E-state index contributed by atoms with van der Waals surface area (Å²) in [6, 6.07) is 4.75. The number of hydrogen-bond acceptors (Lipinski definition) is 6. The highest BCUT2D eigenvalue weighted by Gasteiger charge is 2.49. The van der Waals surface area contributed by atoms with Gasteiger partial charge in [0.2, 0.25) is 0 Å². The summed E-state index contributed by atoms with van der Waals surface area (Å²) in [5.41, 5.74) is 6.40. The van der Waals surface area contributed by atoms with Crippen LogP contribution in [0.15, 0.2) is 40.3 Å². The highest BCUT2D eigenvalue weighted by atomic mass is 32.1. The lowest BCUT2D eigenvalue weighted by atomic mass is 9.81. The molecule has 2 aromatic rings. The van der Waals surface area contributed by atoms with Crippen molar-refractivity contribution >= 4 is 23.0 Å². The third kappa shape index (κ3) is 4.51. The Balaban J connectivity index is 1.37. The maximum atomic E-state index is 14.2. The van der Waals surface area contributed by atoms with Crippen LogP contribution in [0, 0.1) is 12.8 Å². The fourth-order valence-electron chi connectivity index (χ4n) is 7.18. The maximum Gasteiger partial charge on any atom is 0.254 e. The lowest BCUT2D eigenvalue weighted by molar-refractivity contribution is -0.123. The Bertz CT molecular complexity index is 1430. The molecule has 0 bridgehead atoms. The molecule has 1 unspecified atom stereocenters. The van der Waals surface area contributed by atoms with E-state index in [1.54, 1.807) is 11.3 Å². The maximum absolute atomic E-state index is 14.2. The molecular weight excluding hydrogens is 520 g/mol. The number of allylic oxidation sites excluding steroid dienone is 3. The van der Waals surface area contributed by atoms with Crippen LogP contribution in [0.5, 0.6) is 11.5 Å². The van der Waals surface area contributed by atoms with Gasteiger partial charge in [0.15, 0.2) is 17.3 Å². The monoisotopic (exact) mass is 560 g/mol. The molecule has 212 valence electrons. The van der Waals surface area contributed by atoms with Crippen molar-refractivity contribution in [2.75, 3.05) is 27.2 Å². The van der Waals surface area contributed by atoms with Crippen LogP contribution in [0.4, 0.5) is 0 Å². The molecular formula is C33H40N2O4S. The molecule has 7 heteroatoms. The summed E-state index contributed by atoms with van der Waals surface area (Å²) in [4.78, 5) is 32.3. The van der Waals surface area contributed by atoms with E-state index >= 15 is 0 Å². The summed E-state index contributed by atoms with van der Waals surface area (Å²) in [6.45, 7) is 8.96. The van der Waals surface area contributed by atoms with Crippen LogP contribution in [-0.2, 0) is 11.2 Å². The summed E-state index contributed by atoms with van der Waals surface area (Å²) in [5.74, 6) is 1.11. The van der Waals surface area contributed by atoms with Crippen molar-refractivity contribution in [3.8, 4) is 21.9 Å². The molecule has 0 spiro atoms. The van der Waals surface area contributed by atoms with Crippen LogP contribution in [0.25, 0.3) is 10.4 Å². The third-order valence-electron chi connectivity index (χ3n) is 9.49. The van der Waals surface area contributed by atoms with Gasteiger partial charge in [-0.3, -0.25) is 9.59 Å². The highest BCUT2D eigenvalue weighted by Crippen LogP contribution is 2.55. The number of thiophene rings is 1. The standard InChI is InChI=1S/C33H40N2O4S/c1-19-16-20(2)25(26(36)17-19)18-35-14-13-24-28(32(35)37)21(3)30-31(29(24)27-8-7-15-40-27)39-33(4,38-30)22-9-11-23(12-10-22)34(5)6/h7-8,15-16,22-23H,9-14,17-18H2,1-6H3. The molecule has 0 N–H and O–H groups in total. The number of nitrogens with zero attached hydrogens (tertiary/aromatic N) is 2. The van der Waals surface area contributed by atoms with Crippen molar-refractivity contribution < 1.29 is 19.1 Å². The molecule has 3 heterocycles. The molecule has 2 aliphatic heterocycles. The first kappa shape index (κ1) is 27.3. The van der Waals surface area contributed by atoms with Crippen molar-refractivity contribution in [1.82, 2.24) is 9.80 Å². The quantitative estimate of drug-likeness (QED) is 0.414. The lowest BCUT2D eigenvalue weighted by Gasteiger charge is -2.39. The van der Waals surface area contributed by atoms with Gasteiger partial charge in [-0.2, -0.15) is 0 Å². The molecule has 1 aromatic carbocycles. The van der Waals surface area contributed by atoms with Crippen LogP contribution in [0.3, 0.4) is 0 Å². The Morgan fingerprint density at radius 1 is 1.05 bits per heavy atom. The summed E-state index contributed by atoms with van der Waals surface area (Å²) in [7, 11) is 4.32. The van der Waals surface area contributed by atoms with Crippen LogP contribution < -0.4 is 9.47 Å². The number of amides is 1. The number of fused-ring (bicyclic) bond motifs is 2. The zero-order chi connectivity index (χ0) is 28.3. The van der Waals surface area contributed by atoms with Crippen molar-refractivity contribution in [2.24, 2.45) is 5.92 Å². The topological polar surface area (TPSA) is 59.1 Å². The zero-order valence-corrected chi connectivity index (χ0v) is 25.4. The minimum Gasteiger partial charge on any atom is -0.448 e. The van der Waals surface area contributed by atoms with E-state index in [4.69, 9.17) is 9.47 Å². The fourth-order valence-corrected chi connectivity index (χ4v) is 7.98. The number of rotatable bonds is 5. The van der Waals surface area contributed by atoms with Crippen LogP contribution in [-0.4, -0.2) is 60.5 Å². The Labute approximate surface area is 241 Å². The van der Waals surface area contributed by atoms with Gasteiger partial charge >= 0.3 is 0 Å². The van der Waals surface area contributed by atoms with Gasteiger partial charge in [-0.25, -0.2) is 0 Å². The van der Waals surface area contributed by atoms with E-state index in [0.717, 1.165) is 69.7 Å². The van der Waals surface area contributed by atoms with Crippen LogP contribution >= 0.6 is 11.3 Å². The normalized spacial score (nSPS) is 26.5. The first-order chi connectivity index (χ1) is 19.1. The van der Waals surface area contributed by atoms with Gasteiger partial charge in [-0.15, -0.1) is 11.3 Å². The summed E-state index contributed by atoms with van der Waals surface area (Å²) in [5, 5.41) is 2.07. The Morgan fingerprint density at radius 3 is 2.42 bits per heavy atom. The van der Waals surface area contributed by atoms with E-state index < -0.39 is 5.79 Å². The Hall–Kier alpha value is -2.90. The molecule has 2 aliphatic carbocycles. The van der Waals surface area contributed by atoms with Crippen molar-refractivity contribution in [3.63, 3.8) is 0 Å². The molecule has 40 heavy (non-hydrogen) atoms. The van der Waals surface area contributed by atoms with Crippen molar-refractivity contribution in [2.45, 2.75) is 78.0 Å². The van der Waals surface area contributed by atoms with Crippen molar-refractivity contribution in [1.29, 1.82) is 0 Å². The minimum atomic E-state index is -0.760. The van der Waals surface area contributed by atoms with Crippen LogP contribution in [0.2, 0.25) is 0 Å². The largest absolute Gasteiger partial charge is 0.448 e. The Kier molecular flexibility index (Phi) is 6.94. The molecule has 1 atom stereocenters. The number of ketones is 1. The van der Waals surface area contributed by atoms with E-state index in [1.165, 1.54) is 0 Å². The Morgan fingerprint density at radius 2 is 1.77 bits per heavy atom. The first-order valence-corrected chi connectivity index (χ1v) is 15.4. The highest BCUT2D eigenvalue weighted by molar-refractivity contribution is 7.13. The smallest absolute Gasteiger partial charge is 0.254 e. The second-order valence-electron chi connectivity index (χ2n) is 12.4. The molecule has 1 fully saturated rings. The third-order valence-corrected chi connectivity index (χ3v) is 10.4. The van der Waals surface area contributed by atoms with Gasteiger partial charge in [-0.05, 0) is 89.6 Å². The minimum absolute atomic E-state index is 0.0255. The average molecular weight is 561 g/mol. The molecule has 6 nitrogen and oxygen atoms in total. The molecule has 6 rings (SSSR count). The summed E-state index contributed by atoms with van der Waals surface area (Å²) in [6.07, 6.45) is 7.56. The number of ether oxygens (including phenoxy) is 2. The average Bonchev–Trinajstić information content (AvgIpc) is 3.56. The number of benzene rings is 1. The van der Waals surface area contributed by atoms with Gasteiger partial charge in [0, 0.05) is 60.0 Å². The van der Waals surface area contributed by atoms with Gasteiger partial charge in [0.05, 0.1) is 5.56 Å². The van der Waals surface area contributed by atoms with Crippen molar-refractivity contribution in [3.05, 3.63) is 57.0 Å². The predicted octanol–water partition coefficient (Wildman–Crippen LogP) is 6.57. The van der Waals surface area contributed by atoms with Gasteiger partial charge in [0.25, 0.3) is 11.7 Å². The number of Topliss-reactive ketones (excluding diaryl/α,β-unsaturated/α-hetero) is 1. The van der Waals surface area contributed by atoms with E-state index in [-0.39, 0.29) is 17.6 Å². The van der Waals surface area contributed by atoms with Gasteiger partial charge < -0.3 is 19.3 Å². The van der Waals surface area contributed by atoms with E-state index in [0.29, 0.717) is 43.3 Å². The number of carbonyl (C=O) groups excluding carboxylic acids is 2. The summed E-state index contributed by atoms with van der Waals surface area (Å²) >= 11 is 1.67. The molecule has 1 aromatic heterocycles. The number of carbonyl (C=O) groups is 2. The number of hydrogen-bond donors (Lipinski definition) is 0. The second-order valence-corrected chi connectivity index (χ2v) is 13.4. The second kappa shape index (κ2) is 10.2. The van der Waals surface area contributed by atoms with E-state index in [9.17, 15) is 9.59 Å². The zero-order valence-electron chi connectivity index (χ0n) is 24.6. The van der Waals surface area contributed by atoms with Gasteiger partial charge in [0.1, 0.15) is 0 Å². The summed E-state index contributed by atoms with van der Waals surface area (Å²) < 4.78 is 13.6. The molecule has 1 amide bonds. The lowest BCUT2D eigenvalue weighted by Crippen LogP contribution is -2.46. The van der Waals surface area contributed by atoms with Crippen LogP contribution in [0.1, 0.15) is 74.4 Å². The molecule has 1 saturated carbocycles. The molecule has 4 aliphatic rings. The predicted molar refractivity (Wildman–Crippen MR) is 159 cm³/mol. The van der Waals surface area contributed by atoms with Gasteiger partial charge in [-0.1, -0.05) is 17.7 Å². The van der Waals surface area contributed by atoms with E-state index in [2.05, 4.69) is 43.4 Å². The molecule has 0 saturated heterocycles.